The maximum absolute atomic E-state index is 3.55. The molecule has 0 aliphatic carbocycles. The monoisotopic (exact) mass is 117 g/mol. The molecule has 0 heteroatoms. The molecule has 0 aromatic heterocycles. The van der Waals surface area contributed by atoms with Gasteiger partial charge in [0.2, 0.25) is 0 Å². The van der Waals surface area contributed by atoms with Gasteiger partial charge >= 0.3 is 0 Å². The molecule has 0 nitrogen and oxygen atoms in total. The Hall–Kier alpha value is -1.04. The maximum atomic E-state index is 3.55. The Morgan fingerprint density at radius 2 is 2.22 bits per heavy atom. The Labute approximate surface area is 55.8 Å². The Bertz CT molecular complexity index is 211. The molecule has 0 N–H and O–H groups in total. The van der Waals surface area contributed by atoms with Crippen LogP contribution in [0.1, 0.15) is 11.1 Å². The van der Waals surface area contributed by atoms with Crippen LogP contribution in [0.2, 0.25) is 0 Å². The van der Waals surface area contributed by atoms with E-state index in [2.05, 4.69) is 25.6 Å². The van der Waals surface area contributed by atoms with Crippen molar-refractivity contribution in [1.82, 2.24) is 0 Å². The molecule has 0 heterocycles. The molecule has 0 unspecified atom stereocenters. The standard InChI is InChI=1S/C9H9/c1-3-9-6-4-5-8(2)7-9/h4-7H,1H2,2H3. The molecule has 1 aromatic rings. The molecule has 0 aliphatic heterocycles. The highest BCUT2D eigenvalue weighted by Crippen LogP contribution is 2.01. The van der Waals surface area contributed by atoms with Gasteiger partial charge in [0.05, 0.1) is 0 Å². The van der Waals surface area contributed by atoms with E-state index in [9.17, 15) is 0 Å². The average Bonchev–Trinajstić information content (AvgIpc) is 1.88. The first-order valence-electron chi connectivity index (χ1n) is 2.92. The first kappa shape index (κ1) is 6.09. The molecule has 0 saturated carbocycles. The minimum Gasteiger partial charge on any atom is -0.0906 e. The summed E-state index contributed by atoms with van der Waals surface area (Å²) in [5.74, 6) is 0. The van der Waals surface area contributed by atoms with E-state index in [1.807, 2.05) is 18.2 Å². The molecular weight excluding hydrogens is 108 g/mol. The van der Waals surface area contributed by atoms with Gasteiger partial charge in [-0.3, -0.25) is 0 Å². The molecule has 0 fully saturated rings. The third kappa shape index (κ3) is 1.43. The maximum Gasteiger partial charge on any atom is -0.0181 e. The van der Waals surface area contributed by atoms with Crippen molar-refractivity contribution in [2.45, 2.75) is 6.92 Å². The molecule has 0 atom stereocenters. The number of hydrogen-bond acceptors (Lipinski definition) is 0. The van der Waals surface area contributed by atoms with Crippen LogP contribution < -0.4 is 0 Å². The Morgan fingerprint density at radius 1 is 1.44 bits per heavy atom. The van der Waals surface area contributed by atoms with Crippen molar-refractivity contribution in [3.8, 4) is 0 Å². The van der Waals surface area contributed by atoms with Crippen LogP contribution in [-0.2, 0) is 0 Å². The smallest absolute Gasteiger partial charge is 0.0181 e. The lowest BCUT2D eigenvalue weighted by Crippen LogP contribution is -1.73. The summed E-state index contributed by atoms with van der Waals surface area (Å²) in [4.78, 5) is 0. The topological polar surface area (TPSA) is 0 Å². The Morgan fingerprint density at radius 3 is 2.67 bits per heavy atom. The van der Waals surface area contributed by atoms with Gasteiger partial charge in [0, 0.05) is 0 Å². The minimum absolute atomic E-state index is 1.06. The molecule has 1 aromatic carbocycles. The van der Waals surface area contributed by atoms with Gasteiger partial charge in [0.1, 0.15) is 0 Å². The summed E-state index contributed by atoms with van der Waals surface area (Å²) in [6.45, 7) is 5.60. The second-order valence-electron chi connectivity index (χ2n) is 2.05. The van der Waals surface area contributed by atoms with Crippen LogP contribution in [0.25, 0.3) is 0 Å². The summed E-state index contributed by atoms with van der Waals surface area (Å²) in [5.41, 5.74) is 2.32. The fourth-order valence-corrected chi connectivity index (χ4v) is 0.755. The second-order valence-corrected chi connectivity index (χ2v) is 2.05. The van der Waals surface area contributed by atoms with E-state index in [1.165, 1.54) is 5.56 Å². The van der Waals surface area contributed by atoms with Crippen molar-refractivity contribution >= 4 is 0 Å². The Kier molecular flexibility index (Phi) is 1.69. The van der Waals surface area contributed by atoms with E-state index in [4.69, 9.17) is 0 Å². The lowest BCUT2D eigenvalue weighted by molar-refractivity contribution is 1.43. The molecular formula is C9H9. The lowest BCUT2D eigenvalue weighted by Gasteiger charge is -1.91. The molecule has 1 radical (unpaired) electrons. The largest absolute Gasteiger partial charge is 0.0906 e. The van der Waals surface area contributed by atoms with Crippen molar-refractivity contribution in [3.63, 3.8) is 0 Å². The molecule has 45 valence electrons. The van der Waals surface area contributed by atoms with Gasteiger partial charge in [0.15, 0.2) is 0 Å². The third-order valence-corrected chi connectivity index (χ3v) is 1.22. The van der Waals surface area contributed by atoms with E-state index < -0.39 is 0 Å². The quantitative estimate of drug-likeness (QED) is 0.529. The fourth-order valence-electron chi connectivity index (χ4n) is 0.755. The summed E-state index contributed by atoms with van der Waals surface area (Å²) in [7, 11) is 0. The van der Waals surface area contributed by atoms with Gasteiger partial charge in [0.25, 0.3) is 0 Å². The zero-order chi connectivity index (χ0) is 6.69. The molecule has 0 saturated heterocycles. The van der Waals surface area contributed by atoms with Gasteiger partial charge in [-0.15, -0.1) is 0 Å². The first-order chi connectivity index (χ1) is 4.33. The van der Waals surface area contributed by atoms with E-state index in [1.54, 1.807) is 0 Å². The molecule has 0 bridgehead atoms. The molecule has 9 heavy (non-hydrogen) atoms. The van der Waals surface area contributed by atoms with Crippen molar-refractivity contribution in [3.05, 3.63) is 48.0 Å². The van der Waals surface area contributed by atoms with Crippen LogP contribution in [0.15, 0.2) is 30.8 Å². The van der Waals surface area contributed by atoms with Crippen molar-refractivity contribution in [1.29, 1.82) is 0 Å². The van der Waals surface area contributed by atoms with Crippen molar-refractivity contribution in [2.24, 2.45) is 0 Å². The fraction of sp³-hybridized carbons (Fsp3) is 0.111. The van der Waals surface area contributed by atoms with E-state index in [0.29, 0.717) is 0 Å². The highest BCUT2D eigenvalue weighted by atomic mass is 13.9. The lowest BCUT2D eigenvalue weighted by atomic mass is 10.1. The number of hydrogen-bond donors (Lipinski definition) is 0. The molecule has 0 aliphatic rings. The van der Waals surface area contributed by atoms with E-state index in [0.717, 1.165) is 5.56 Å². The minimum atomic E-state index is 1.06. The summed E-state index contributed by atoms with van der Waals surface area (Å²) in [6.07, 6.45) is 2.82. The predicted octanol–water partition coefficient (Wildman–Crippen LogP) is 2.33. The summed E-state index contributed by atoms with van der Waals surface area (Å²) >= 11 is 0. The predicted molar refractivity (Wildman–Crippen MR) is 39.2 cm³/mol. The van der Waals surface area contributed by atoms with Crippen LogP contribution >= 0.6 is 0 Å². The van der Waals surface area contributed by atoms with Gasteiger partial charge in [-0.1, -0.05) is 36.4 Å². The summed E-state index contributed by atoms with van der Waals surface area (Å²) < 4.78 is 0. The van der Waals surface area contributed by atoms with Crippen molar-refractivity contribution < 1.29 is 0 Å². The molecule has 1 rings (SSSR count). The van der Waals surface area contributed by atoms with Crippen LogP contribution in [0.3, 0.4) is 0 Å². The summed E-state index contributed by atoms with van der Waals surface area (Å²) in [6, 6.07) is 8.09. The van der Waals surface area contributed by atoms with Gasteiger partial charge in [-0.2, -0.15) is 0 Å². The van der Waals surface area contributed by atoms with Crippen LogP contribution in [0.4, 0.5) is 0 Å². The normalized spacial score (nSPS) is 9.00. The second kappa shape index (κ2) is 2.49. The number of rotatable bonds is 1. The highest BCUT2D eigenvalue weighted by molar-refractivity contribution is 5.26. The average molecular weight is 117 g/mol. The van der Waals surface area contributed by atoms with Crippen LogP contribution in [0.5, 0.6) is 0 Å². The number of benzene rings is 1. The van der Waals surface area contributed by atoms with Gasteiger partial charge in [-0.05, 0) is 18.6 Å². The number of aryl methyl sites for hydroxylation is 1. The van der Waals surface area contributed by atoms with Crippen LogP contribution in [-0.4, -0.2) is 0 Å². The Balaban J connectivity index is 3.07. The molecule has 0 spiro atoms. The van der Waals surface area contributed by atoms with Crippen LogP contribution in [0, 0.1) is 13.0 Å². The zero-order valence-corrected chi connectivity index (χ0v) is 5.52. The van der Waals surface area contributed by atoms with Gasteiger partial charge < -0.3 is 0 Å². The SMILES string of the molecule is C=[C]c1cccc(C)c1. The third-order valence-electron chi connectivity index (χ3n) is 1.22. The highest BCUT2D eigenvalue weighted by Gasteiger charge is 1.83. The summed E-state index contributed by atoms with van der Waals surface area (Å²) in [5, 5.41) is 0. The van der Waals surface area contributed by atoms with E-state index >= 15 is 0 Å². The van der Waals surface area contributed by atoms with Crippen molar-refractivity contribution in [2.75, 3.05) is 0 Å². The zero-order valence-electron chi connectivity index (χ0n) is 5.52. The first-order valence-corrected chi connectivity index (χ1v) is 2.92. The molecule has 0 amide bonds. The van der Waals surface area contributed by atoms with E-state index in [-0.39, 0.29) is 0 Å². The van der Waals surface area contributed by atoms with Gasteiger partial charge in [-0.25, -0.2) is 0 Å².